The summed E-state index contributed by atoms with van der Waals surface area (Å²) in [4.78, 5) is 12.4. The van der Waals surface area contributed by atoms with Crippen LogP contribution in [0, 0.1) is 0 Å². The first kappa shape index (κ1) is 21.1. The second kappa shape index (κ2) is 9.27. The third kappa shape index (κ3) is 5.26. The van der Waals surface area contributed by atoms with Crippen molar-refractivity contribution in [2.24, 2.45) is 0 Å². The van der Waals surface area contributed by atoms with E-state index in [1.54, 1.807) is 42.5 Å². The molecule has 3 rings (SSSR count). The van der Waals surface area contributed by atoms with E-state index in [9.17, 15) is 13.2 Å². The zero-order valence-electron chi connectivity index (χ0n) is 15.3. The van der Waals surface area contributed by atoms with E-state index in [4.69, 9.17) is 23.2 Å². The molecule has 0 atom stereocenters. The van der Waals surface area contributed by atoms with Crippen LogP contribution in [-0.2, 0) is 27.8 Å². The Morgan fingerprint density at radius 3 is 2.36 bits per heavy atom. The molecule has 28 heavy (non-hydrogen) atoms. The number of aryl methyl sites for hydroxylation is 1. The van der Waals surface area contributed by atoms with Gasteiger partial charge >= 0.3 is 0 Å². The van der Waals surface area contributed by atoms with Crippen molar-refractivity contribution in [1.29, 1.82) is 0 Å². The lowest BCUT2D eigenvalue weighted by molar-refractivity contribution is -0.121. The molecular formula is C20H22Cl2N2O3S. The molecule has 0 spiro atoms. The maximum atomic E-state index is 12.5. The van der Waals surface area contributed by atoms with Gasteiger partial charge in [-0.15, -0.1) is 0 Å². The molecule has 1 aliphatic heterocycles. The molecule has 0 bridgehead atoms. The Kier molecular flexibility index (Phi) is 6.99. The standard InChI is InChI=1S/C20H22Cl2N2O3S/c21-17-7-6-16(19(22)13-17)14-23-20(25)10-5-15-3-8-18(9-4-15)28(26,27)24-11-1-2-12-24/h3-4,6-9,13H,1-2,5,10-12,14H2,(H,23,25). The van der Waals surface area contributed by atoms with Gasteiger partial charge in [-0.1, -0.05) is 41.4 Å². The van der Waals surface area contributed by atoms with Gasteiger partial charge in [0.2, 0.25) is 15.9 Å². The Balaban J connectivity index is 1.51. The fraction of sp³-hybridized carbons (Fsp3) is 0.350. The van der Waals surface area contributed by atoms with Crippen LogP contribution in [0.3, 0.4) is 0 Å². The van der Waals surface area contributed by atoms with E-state index < -0.39 is 10.0 Å². The molecule has 150 valence electrons. The normalized spacial score (nSPS) is 14.9. The lowest BCUT2D eigenvalue weighted by Gasteiger charge is -2.15. The number of hydrogen-bond donors (Lipinski definition) is 1. The van der Waals surface area contributed by atoms with Crippen LogP contribution in [0.5, 0.6) is 0 Å². The number of benzene rings is 2. The number of rotatable bonds is 7. The Morgan fingerprint density at radius 1 is 1.04 bits per heavy atom. The van der Waals surface area contributed by atoms with Crippen LogP contribution in [-0.4, -0.2) is 31.7 Å². The molecule has 0 aromatic heterocycles. The van der Waals surface area contributed by atoms with E-state index in [0.717, 1.165) is 24.0 Å². The minimum atomic E-state index is -3.40. The highest BCUT2D eigenvalue weighted by Gasteiger charge is 2.26. The summed E-state index contributed by atoms with van der Waals surface area (Å²) < 4.78 is 26.6. The van der Waals surface area contributed by atoms with E-state index >= 15 is 0 Å². The molecule has 8 heteroatoms. The van der Waals surface area contributed by atoms with Crippen LogP contribution >= 0.6 is 23.2 Å². The lowest BCUT2D eigenvalue weighted by Crippen LogP contribution is -2.27. The summed E-state index contributed by atoms with van der Waals surface area (Å²) >= 11 is 12.0. The molecular weight excluding hydrogens is 419 g/mol. The smallest absolute Gasteiger partial charge is 0.243 e. The van der Waals surface area contributed by atoms with Crippen molar-refractivity contribution in [3.05, 3.63) is 63.6 Å². The number of halogens is 2. The number of hydrogen-bond acceptors (Lipinski definition) is 3. The van der Waals surface area contributed by atoms with Crippen LogP contribution in [0.2, 0.25) is 10.0 Å². The summed E-state index contributed by atoms with van der Waals surface area (Å²) in [5.41, 5.74) is 1.72. The fourth-order valence-corrected chi connectivity index (χ4v) is 5.10. The Hall–Kier alpha value is -1.60. The highest BCUT2D eigenvalue weighted by Crippen LogP contribution is 2.22. The van der Waals surface area contributed by atoms with Crippen LogP contribution in [0.15, 0.2) is 47.4 Å². The van der Waals surface area contributed by atoms with Crippen molar-refractivity contribution < 1.29 is 13.2 Å². The maximum absolute atomic E-state index is 12.5. The van der Waals surface area contributed by atoms with Crippen molar-refractivity contribution >= 4 is 39.1 Å². The number of nitrogens with zero attached hydrogens (tertiary/aromatic N) is 1. The van der Waals surface area contributed by atoms with Gasteiger partial charge in [-0.05, 0) is 54.7 Å². The van der Waals surface area contributed by atoms with E-state index in [0.29, 0.717) is 47.4 Å². The van der Waals surface area contributed by atoms with Crippen molar-refractivity contribution in [2.75, 3.05) is 13.1 Å². The third-order valence-electron chi connectivity index (χ3n) is 4.76. The summed E-state index contributed by atoms with van der Waals surface area (Å²) in [5.74, 6) is -0.0974. The molecule has 2 aromatic carbocycles. The first-order valence-electron chi connectivity index (χ1n) is 9.16. The van der Waals surface area contributed by atoms with Crippen molar-refractivity contribution in [3.63, 3.8) is 0 Å². The van der Waals surface area contributed by atoms with Crippen molar-refractivity contribution in [1.82, 2.24) is 9.62 Å². The predicted molar refractivity (Wildman–Crippen MR) is 111 cm³/mol. The molecule has 1 amide bonds. The average molecular weight is 441 g/mol. The van der Waals surface area contributed by atoms with E-state index in [1.165, 1.54) is 4.31 Å². The van der Waals surface area contributed by atoms with Gasteiger partial charge in [-0.2, -0.15) is 4.31 Å². The molecule has 0 aliphatic carbocycles. The van der Waals surface area contributed by atoms with Crippen LogP contribution in [0.4, 0.5) is 0 Å². The monoisotopic (exact) mass is 440 g/mol. The maximum Gasteiger partial charge on any atom is 0.243 e. The molecule has 5 nitrogen and oxygen atoms in total. The van der Waals surface area contributed by atoms with Gasteiger partial charge in [0.25, 0.3) is 0 Å². The summed E-state index contributed by atoms with van der Waals surface area (Å²) in [5, 5.41) is 3.90. The fourth-order valence-electron chi connectivity index (χ4n) is 3.11. The molecule has 1 aliphatic rings. The van der Waals surface area contributed by atoms with Gasteiger partial charge in [0.1, 0.15) is 0 Å². The minimum absolute atomic E-state index is 0.0974. The molecule has 1 heterocycles. The van der Waals surface area contributed by atoms with Gasteiger partial charge in [-0.3, -0.25) is 4.79 Å². The molecule has 1 N–H and O–H groups in total. The van der Waals surface area contributed by atoms with Crippen molar-refractivity contribution in [3.8, 4) is 0 Å². The van der Waals surface area contributed by atoms with Gasteiger partial charge < -0.3 is 5.32 Å². The predicted octanol–water partition coefficient (Wildman–Crippen LogP) is 4.03. The number of sulfonamides is 1. The zero-order chi connectivity index (χ0) is 20.1. The lowest BCUT2D eigenvalue weighted by atomic mass is 10.1. The highest BCUT2D eigenvalue weighted by atomic mass is 35.5. The summed E-state index contributed by atoms with van der Waals surface area (Å²) in [6, 6.07) is 11.9. The SMILES string of the molecule is O=C(CCc1ccc(S(=O)(=O)N2CCCC2)cc1)NCc1ccc(Cl)cc1Cl. The minimum Gasteiger partial charge on any atom is -0.352 e. The first-order valence-corrected chi connectivity index (χ1v) is 11.4. The number of nitrogens with one attached hydrogen (secondary N) is 1. The quantitative estimate of drug-likeness (QED) is 0.706. The van der Waals surface area contributed by atoms with Gasteiger partial charge in [0.05, 0.1) is 4.90 Å². The second-order valence-electron chi connectivity index (χ2n) is 6.77. The Labute approximate surface area is 175 Å². The molecule has 0 radical (unpaired) electrons. The molecule has 0 saturated carbocycles. The second-order valence-corrected chi connectivity index (χ2v) is 9.55. The largest absolute Gasteiger partial charge is 0.352 e. The van der Waals surface area contributed by atoms with E-state index in [2.05, 4.69) is 5.32 Å². The number of amides is 1. The zero-order valence-corrected chi connectivity index (χ0v) is 17.7. The average Bonchev–Trinajstić information content (AvgIpc) is 3.22. The van der Waals surface area contributed by atoms with Gasteiger partial charge in [0.15, 0.2) is 0 Å². The molecule has 0 unspecified atom stereocenters. The van der Waals surface area contributed by atoms with Gasteiger partial charge in [-0.25, -0.2) is 8.42 Å². The number of carbonyl (C=O) groups is 1. The molecule has 1 fully saturated rings. The van der Waals surface area contributed by atoms with Crippen LogP contribution < -0.4 is 5.32 Å². The first-order chi connectivity index (χ1) is 13.4. The van der Waals surface area contributed by atoms with Crippen LogP contribution in [0.25, 0.3) is 0 Å². The number of carbonyl (C=O) groups excluding carboxylic acids is 1. The van der Waals surface area contributed by atoms with Gasteiger partial charge in [0, 0.05) is 36.1 Å². The summed E-state index contributed by atoms with van der Waals surface area (Å²) in [7, 11) is -3.40. The van der Waals surface area contributed by atoms with Crippen LogP contribution in [0.1, 0.15) is 30.4 Å². The van der Waals surface area contributed by atoms with E-state index in [1.807, 2.05) is 0 Å². The Morgan fingerprint density at radius 2 is 1.71 bits per heavy atom. The Bertz CT molecular complexity index is 940. The summed E-state index contributed by atoms with van der Waals surface area (Å²) in [6.45, 7) is 1.51. The van der Waals surface area contributed by atoms with E-state index in [-0.39, 0.29) is 5.91 Å². The molecule has 2 aromatic rings. The third-order valence-corrected chi connectivity index (χ3v) is 7.26. The topological polar surface area (TPSA) is 66.5 Å². The van der Waals surface area contributed by atoms with Crippen molar-refractivity contribution in [2.45, 2.75) is 37.1 Å². The molecule has 1 saturated heterocycles. The summed E-state index contributed by atoms with van der Waals surface area (Å²) in [6.07, 6.45) is 2.66. The highest BCUT2D eigenvalue weighted by molar-refractivity contribution is 7.89.